The zero-order chi connectivity index (χ0) is 15.4. The van der Waals surface area contributed by atoms with Crippen LogP contribution in [0.15, 0.2) is 30.3 Å². The number of fused-ring (bicyclic) bond motifs is 1. The number of ketones is 1. The summed E-state index contributed by atoms with van der Waals surface area (Å²) < 4.78 is 1.89. The van der Waals surface area contributed by atoms with Crippen molar-refractivity contribution in [2.24, 2.45) is 5.41 Å². The van der Waals surface area contributed by atoms with Crippen molar-refractivity contribution in [2.75, 3.05) is 0 Å². The standard InChI is InChI=1S/C16H16Br2N2O/c1-9-11-12(14(17)16(2,3)15(18)13(11)21)20(19-9)10-7-5-4-6-8-10/h4-8,14-15H,1-3H3/t14-,15+/m0/s1. The molecular weight excluding hydrogens is 396 g/mol. The predicted molar refractivity (Wildman–Crippen MR) is 90.8 cm³/mol. The topological polar surface area (TPSA) is 34.9 Å². The van der Waals surface area contributed by atoms with Crippen LogP contribution >= 0.6 is 31.9 Å². The normalized spacial score (nSPS) is 24.0. The summed E-state index contributed by atoms with van der Waals surface area (Å²) >= 11 is 7.36. The Labute approximate surface area is 141 Å². The van der Waals surface area contributed by atoms with Gasteiger partial charge < -0.3 is 0 Å². The first-order valence-corrected chi connectivity index (χ1v) is 8.66. The van der Waals surface area contributed by atoms with E-state index in [-0.39, 0.29) is 20.9 Å². The maximum atomic E-state index is 12.7. The second-order valence-corrected chi connectivity index (χ2v) is 7.84. The number of alkyl halides is 2. The molecule has 0 radical (unpaired) electrons. The smallest absolute Gasteiger partial charge is 0.180 e. The quantitative estimate of drug-likeness (QED) is 0.642. The summed E-state index contributed by atoms with van der Waals surface area (Å²) in [4.78, 5) is 12.6. The molecule has 0 spiro atoms. The Bertz CT molecular complexity index is 707. The molecule has 1 aliphatic rings. The number of rotatable bonds is 1. The van der Waals surface area contributed by atoms with E-state index in [1.807, 2.05) is 41.9 Å². The van der Waals surface area contributed by atoms with E-state index >= 15 is 0 Å². The van der Waals surface area contributed by atoms with Gasteiger partial charge >= 0.3 is 0 Å². The lowest BCUT2D eigenvalue weighted by atomic mass is 9.75. The first-order valence-electron chi connectivity index (χ1n) is 6.83. The van der Waals surface area contributed by atoms with Crippen molar-refractivity contribution < 1.29 is 4.79 Å². The summed E-state index contributed by atoms with van der Waals surface area (Å²) in [5.41, 5.74) is 3.21. The van der Waals surface area contributed by atoms with Crippen LogP contribution in [0.2, 0.25) is 0 Å². The number of carbonyl (C=O) groups excluding carboxylic acids is 1. The molecule has 0 fully saturated rings. The number of para-hydroxylation sites is 1. The highest BCUT2D eigenvalue weighted by Gasteiger charge is 2.48. The minimum absolute atomic E-state index is 0.0449. The van der Waals surface area contributed by atoms with E-state index < -0.39 is 0 Å². The molecule has 5 heteroatoms. The van der Waals surface area contributed by atoms with Crippen LogP contribution in [0.3, 0.4) is 0 Å². The van der Waals surface area contributed by atoms with Crippen molar-refractivity contribution in [3.05, 3.63) is 47.3 Å². The van der Waals surface area contributed by atoms with E-state index in [1.54, 1.807) is 0 Å². The zero-order valence-corrected chi connectivity index (χ0v) is 15.3. The molecule has 1 aromatic heterocycles. The molecule has 3 nitrogen and oxygen atoms in total. The Kier molecular flexibility index (Phi) is 3.61. The SMILES string of the molecule is Cc1nn(-c2ccccc2)c2c1C(=O)[C@@H](Br)C(C)(C)[C@H]2Br. The van der Waals surface area contributed by atoms with Crippen LogP contribution < -0.4 is 0 Å². The van der Waals surface area contributed by atoms with Crippen LogP contribution in [0.25, 0.3) is 5.69 Å². The minimum atomic E-state index is -0.233. The Morgan fingerprint density at radius 2 is 1.76 bits per heavy atom. The van der Waals surface area contributed by atoms with Gasteiger partial charge in [-0.1, -0.05) is 63.9 Å². The van der Waals surface area contributed by atoms with Gasteiger partial charge in [-0.3, -0.25) is 4.79 Å². The lowest BCUT2D eigenvalue weighted by Crippen LogP contribution is -2.40. The van der Waals surface area contributed by atoms with E-state index in [0.29, 0.717) is 0 Å². The van der Waals surface area contributed by atoms with Crippen LogP contribution in [0.1, 0.15) is 40.4 Å². The number of nitrogens with zero attached hydrogens (tertiary/aromatic N) is 2. The fraction of sp³-hybridized carbons (Fsp3) is 0.375. The number of aryl methyl sites for hydroxylation is 1. The van der Waals surface area contributed by atoms with E-state index in [1.165, 1.54) is 0 Å². The number of benzene rings is 1. The molecule has 0 bridgehead atoms. The third kappa shape index (κ3) is 2.13. The van der Waals surface area contributed by atoms with E-state index in [9.17, 15) is 4.79 Å². The number of carbonyl (C=O) groups is 1. The average Bonchev–Trinajstić information content (AvgIpc) is 2.82. The van der Waals surface area contributed by atoms with Crippen molar-refractivity contribution in [3.63, 3.8) is 0 Å². The van der Waals surface area contributed by atoms with Gasteiger partial charge in [0.25, 0.3) is 0 Å². The maximum absolute atomic E-state index is 12.7. The summed E-state index contributed by atoms with van der Waals surface area (Å²) in [6.07, 6.45) is 0. The fourth-order valence-electron chi connectivity index (χ4n) is 2.80. The second-order valence-electron chi connectivity index (χ2n) is 6.00. The Balaban J connectivity index is 2.28. The van der Waals surface area contributed by atoms with Crippen molar-refractivity contribution in [3.8, 4) is 5.69 Å². The monoisotopic (exact) mass is 410 g/mol. The fourth-order valence-corrected chi connectivity index (χ4v) is 4.33. The molecule has 2 aromatic rings. The number of hydrogen-bond donors (Lipinski definition) is 0. The molecule has 0 amide bonds. The molecule has 3 rings (SSSR count). The Hall–Kier alpha value is -0.940. The summed E-state index contributed by atoms with van der Waals surface area (Å²) in [6.45, 7) is 6.07. The van der Waals surface area contributed by atoms with Crippen LogP contribution in [0.4, 0.5) is 0 Å². The molecule has 0 N–H and O–H groups in total. The molecule has 1 aromatic carbocycles. The summed E-state index contributed by atoms with van der Waals surface area (Å²) in [7, 11) is 0. The highest BCUT2D eigenvalue weighted by atomic mass is 79.9. The molecule has 0 aliphatic heterocycles. The number of halogens is 2. The molecule has 1 heterocycles. The average molecular weight is 412 g/mol. The van der Waals surface area contributed by atoms with Gasteiger partial charge in [0.2, 0.25) is 0 Å². The first kappa shape index (κ1) is 15.0. The van der Waals surface area contributed by atoms with Gasteiger partial charge in [0.1, 0.15) is 0 Å². The van der Waals surface area contributed by atoms with Gasteiger partial charge in [-0.15, -0.1) is 0 Å². The van der Waals surface area contributed by atoms with Gasteiger partial charge in [0, 0.05) is 5.41 Å². The molecule has 0 unspecified atom stereocenters. The van der Waals surface area contributed by atoms with Gasteiger partial charge in [-0.2, -0.15) is 5.10 Å². The highest BCUT2D eigenvalue weighted by Crippen LogP contribution is 2.52. The lowest BCUT2D eigenvalue weighted by molar-refractivity contribution is 0.0926. The van der Waals surface area contributed by atoms with Crippen LogP contribution in [-0.2, 0) is 0 Å². The summed E-state index contributed by atoms with van der Waals surface area (Å²) in [5.74, 6) is 0.116. The largest absolute Gasteiger partial charge is 0.293 e. The Morgan fingerprint density at radius 3 is 2.38 bits per heavy atom. The van der Waals surface area contributed by atoms with E-state index in [2.05, 4.69) is 50.8 Å². The maximum Gasteiger partial charge on any atom is 0.180 e. The van der Waals surface area contributed by atoms with Crippen molar-refractivity contribution >= 4 is 37.6 Å². The lowest BCUT2D eigenvalue weighted by Gasteiger charge is -2.38. The molecule has 110 valence electrons. The zero-order valence-electron chi connectivity index (χ0n) is 12.1. The third-order valence-electron chi connectivity index (χ3n) is 4.12. The number of Topliss-reactive ketones (excluding diaryl/α,β-unsaturated/α-hetero) is 1. The van der Waals surface area contributed by atoms with Gasteiger partial charge in [0.15, 0.2) is 5.78 Å². The molecule has 0 saturated carbocycles. The Morgan fingerprint density at radius 1 is 1.14 bits per heavy atom. The summed E-state index contributed by atoms with van der Waals surface area (Å²) in [6, 6.07) is 9.94. The van der Waals surface area contributed by atoms with Crippen molar-refractivity contribution in [1.29, 1.82) is 0 Å². The van der Waals surface area contributed by atoms with Crippen LogP contribution in [0.5, 0.6) is 0 Å². The minimum Gasteiger partial charge on any atom is -0.293 e. The second kappa shape index (κ2) is 5.06. The molecular formula is C16H16Br2N2O. The first-order chi connectivity index (χ1) is 9.85. The number of aromatic nitrogens is 2. The molecule has 21 heavy (non-hydrogen) atoms. The summed E-state index contributed by atoms with van der Waals surface area (Å²) in [5, 5.41) is 4.61. The van der Waals surface area contributed by atoms with E-state index in [0.717, 1.165) is 22.6 Å². The third-order valence-corrected chi connectivity index (χ3v) is 7.33. The molecule has 0 saturated heterocycles. The van der Waals surface area contributed by atoms with Crippen LogP contribution in [0, 0.1) is 12.3 Å². The van der Waals surface area contributed by atoms with E-state index in [4.69, 9.17) is 0 Å². The van der Waals surface area contributed by atoms with Gasteiger partial charge in [0.05, 0.1) is 32.3 Å². The van der Waals surface area contributed by atoms with Crippen LogP contribution in [-0.4, -0.2) is 20.4 Å². The van der Waals surface area contributed by atoms with Crippen molar-refractivity contribution in [2.45, 2.75) is 30.4 Å². The molecule has 2 atom stereocenters. The van der Waals surface area contributed by atoms with Gasteiger partial charge in [-0.05, 0) is 19.1 Å². The predicted octanol–water partition coefficient (Wildman–Crippen LogP) is 4.60. The highest BCUT2D eigenvalue weighted by molar-refractivity contribution is 9.10. The van der Waals surface area contributed by atoms with Crippen molar-refractivity contribution in [1.82, 2.24) is 9.78 Å². The number of hydrogen-bond acceptors (Lipinski definition) is 2. The van der Waals surface area contributed by atoms with Gasteiger partial charge in [-0.25, -0.2) is 4.68 Å². The molecule has 1 aliphatic carbocycles.